The molecule has 9 nitrogen and oxygen atoms in total. The SMILES string of the molecule is CC(C)c1cc(F)cc(-c2ccncc2)c1CC(=O)NS(=O)(=O)c1cc(C(=O)N(C)C)n(C)n1. The summed E-state index contributed by atoms with van der Waals surface area (Å²) in [5.74, 6) is -1.82. The topological polar surface area (TPSA) is 114 Å². The Morgan fingerprint density at radius 3 is 2.38 bits per heavy atom. The summed E-state index contributed by atoms with van der Waals surface area (Å²) in [6.45, 7) is 3.72. The van der Waals surface area contributed by atoms with E-state index in [1.54, 1.807) is 24.5 Å². The Morgan fingerprint density at radius 2 is 1.79 bits per heavy atom. The van der Waals surface area contributed by atoms with Gasteiger partial charge in [-0.2, -0.15) is 13.5 Å². The highest BCUT2D eigenvalue weighted by Crippen LogP contribution is 2.32. The smallest absolute Gasteiger partial charge is 0.283 e. The lowest BCUT2D eigenvalue weighted by molar-refractivity contribution is -0.118. The van der Waals surface area contributed by atoms with Crippen LogP contribution in [0.5, 0.6) is 0 Å². The minimum atomic E-state index is -4.35. The summed E-state index contributed by atoms with van der Waals surface area (Å²) in [6.07, 6.45) is 2.80. The van der Waals surface area contributed by atoms with Crippen molar-refractivity contribution in [2.45, 2.75) is 31.2 Å². The molecule has 34 heavy (non-hydrogen) atoms. The molecule has 3 aromatic rings. The zero-order valence-electron chi connectivity index (χ0n) is 19.5. The van der Waals surface area contributed by atoms with Crippen molar-refractivity contribution in [3.8, 4) is 11.1 Å². The number of amides is 2. The van der Waals surface area contributed by atoms with Crippen LogP contribution in [0.3, 0.4) is 0 Å². The van der Waals surface area contributed by atoms with E-state index in [0.29, 0.717) is 22.3 Å². The minimum Gasteiger partial charge on any atom is -0.343 e. The first-order valence-corrected chi connectivity index (χ1v) is 11.9. The number of nitrogens with one attached hydrogen (secondary N) is 1. The fourth-order valence-electron chi connectivity index (χ4n) is 3.56. The van der Waals surface area contributed by atoms with Crippen LogP contribution >= 0.6 is 0 Å². The standard InChI is InChI=1S/C23H26FN5O4S/c1-14(2)17-10-16(24)11-18(15-6-8-25-9-7-15)19(17)12-21(30)27-34(32,33)22-13-20(29(5)26-22)23(31)28(3)4/h6-11,13-14H,12H2,1-5H3,(H,27,30). The zero-order valence-corrected chi connectivity index (χ0v) is 20.4. The molecule has 1 N–H and O–H groups in total. The molecule has 180 valence electrons. The van der Waals surface area contributed by atoms with Crippen LogP contribution in [-0.2, 0) is 28.3 Å². The van der Waals surface area contributed by atoms with Crippen LogP contribution in [0.25, 0.3) is 11.1 Å². The van der Waals surface area contributed by atoms with Gasteiger partial charge in [-0.25, -0.2) is 9.11 Å². The lowest BCUT2D eigenvalue weighted by Crippen LogP contribution is -2.32. The van der Waals surface area contributed by atoms with E-state index in [2.05, 4.69) is 10.1 Å². The fraction of sp³-hybridized carbons (Fsp3) is 0.304. The summed E-state index contributed by atoms with van der Waals surface area (Å²) in [6, 6.07) is 7.15. The second-order valence-corrected chi connectivity index (χ2v) is 9.94. The van der Waals surface area contributed by atoms with Gasteiger partial charge in [-0.3, -0.25) is 19.3 Å². The van der Waals surface area contributed by atoms with Crippen molar-refractivity contribution in [2.24, 2.45) is 7.05 Å². The fourth-order valence-corrected chi connectivity index (χ4v) is 4.53. The number of rotatable bonds is 7. The molecule has 3 rings (SSSR count). The first-order valence-electron chi connectivity index (χ1n) is 10.4. The van der Waals surface area contributed by atoms with Crippen LogP contribution < -0.4 is 4.72 Å². The van der Waals surface area contributed by atoms with E-state index in [1.807, 2.05) is 18.6 Å². The first kappa shape index (κ1) is 25.0. The highest BCUT2D eigenvalue weighted by Gasteiger charge is 2.26. The number of halogens is 1. The molecule has 2 amide bonds. The third-order valence-electron chi connectivity index (χ3n) is 5.21. The number of nitrogens with zero attached hydrogens (tertiary/aromatic N) is 4. The molecule has 0 aliphatic heterocycles. The third kappa shape index (κ3) is 5.30. The lowest BCUT2D eigenvalue weighted by Gasteiger charge is -2.18. The molecule has 0 saturated heterocycles. The van der Waals surface area contributed by atoms with Gasteiger partial charge in [0.1, 0.15) is 11.5 Å². The Bertz CT molecular complexity index is 1330. The van der Waals surface area contributed by atoms with Crippen LogP contribution in [0.15, 0.2) is 47.8 Å². The van der Waals surface area contributed by atoms with Gasteiger partial charge in [0.15, 0.2) is 5.03 Å². The summed E-state index contributed by atoms with van der Waals surface area (Å²) in [4.78, 5) is 30.3. The number of hydrogen-bond acceptors (Lipinski definition) is 6. The number of pyridine rings is 1. The van der Waals surface area contributed by atoms with E-state index in [9.17, 15) is 22.4 Å². The summed E-state index contributed by atoms with van der Waals surface area (Å²) >= 11 is 0. The van der Waals surface area contributed by atoms with Crippen molar-refractivity contribution < 1.29 is 22.4 Å². The third-order valence-corrected chi connectivity index (χ3v) is 6.45. The molecule has 0 aliphatic rings. The minimum absolute atomic E-state index is 0.0541. The highest BCUT2D eigenvalue weighted by atomic mass is 32.2. The molecule has 1 aromatic carbocycles. The van der Waals surface area contributed by atoms with Crippen molar-refractivity contribution >= 4 is 21.8 Å². The number of carbonyl (C=O) groups excluding carboxylic acids is 2. The van der Waals surface area contributed by atoms with Gasteiger partial charge in [-0.15, -0.1) is 0 Å². The van der Waals surface area contributed by atoms with Crippen LogP contribution in [0, 0.1) is 5.82 Å². The van der Waals surface area contributed by atoms with Gasteiger partial charge >= 0.3 is 0 Å². The second kappa shape index (κ2) is 9.72. The molecular weight excluding hydrogens is 461 g/mol. The molecule has 0 radical (unpaired) electrons. The van der Waals surface area contributed by atoms with Crippen molar-refractivity contribution in [1.82, 2.24) is 24.4 Å². The number of aryl methyl sites for hydroxylation is 1. The molecule has 0 saturated carbocycles. The van der Waals surface area contributed by atoms with Gasteiger partial charge in [0.25, 0.3) is 15.9 Å². The lowest BCUT2D eigenvalue weighted by atomic mass is 9.88. The van der Waals surface area contributed by atoms with E-state index >= 15 is 0 Å². The number of sulfonamides is 1. The van der Waals surface area contributed by atoms with Crippen LogP contribution in [-0.4, -0.2) is 54.0 Å². The maximum Gasteiger partial charge on any atom is 0.283 e. The van der Waals surface area contributed by atoms with Gasteiger partial charge in [0.2, 0.25) is 5.91 Å². The molecule has 0 spiro atoms. The van der Waals surface area contributed by atoms with E-state index in [-0.39, 0.29) is 18.0 Å². The van der Waals surface area contributed by atoms with Crippen molar-refractivity contribution in [3.05, 3.63) is 65.4 Å². The average Bonchev–Trinajstić information content (AvgIpc) is 3.16. The van der Waals surface area contributed by atoms with Crippen LogP contribution in [0.1, 0.15) is 41.4 Å². The first-order chi connectivity index (χ1) is 15.9. The predicted octanol–water partition coefficient (Wildman–Crippen LogP) is 2.49. The molecule has 0 bridgehead atoms. The number of benzene rings is 1. The highest BCUT2D eigenvalue weighted by molar-refractivity contribution is 7.90. The van der Waals surface area contributed by atoms with Crippen molar-refractivity contribution in [2.75, 3.05) is 14.1 Å². The Kier molecular flexibility index (Phi) is 7.15. The zero-order chi connectivity index (χ0) is 25.2. The quantitative estimate of drug-likeness (QED) is 0.548. The van der Waals surface area contributed by atoms with Crippen LogP contribution in [0.4, 0.5) is 4.39 Å². The van der Waals surface area contributed by atoms with Gasteiger partial charge in [0, 0.05) is 39.6 Å². The molecular formula is C23H26FN5O4S. The summed E-state index contributed by atoms with van der Waals surface area (Å²) in [5.41, 5.74) is 2.29. The largest absolute Gasteiger partial charge is 0.343 e. The second-order valence-electron chi connectivity index (χ2n) is 8.31. The summed E-state index contributed by atoms with van der Waals surface area (Å²) in [5, 5.41) is 3.43. The van der Waals surface area contributed by atoms with Crippen LogP contribution in [0.2, 0.25) is 0 Å². The van der Waals surface area contributed by atoms with Crippen molar-refractivity contribution in [1.29, 1.82) is 0 Å². The maximum atomic E-state index is 14.4. The van der Waals surface area contributed by atoms with Crippen molar-refractivity contribution in [3.63, 3.8) is 0 Å². The Hall–Kier alpha value is -3.60. The molecule has 0 atom stereocenters. The van der Waals surface area contributed by atoms with E-state index in [0.717, 1.165) is 10.7 Å². The Morgan fingerprint density at radius 1 is 1.15 bits per heavy atom. The Labute approximate surface area is 197 Å². The van der Waals surface area contributed by atoms with E-state index in [4.69, 9.17) is 0 Å². The molecule has 0 fully saturated rings. The molecule has 2 heterocycles. The molecule has 11 heteroatoms. The normalized spacial score (nSPS) is 11.5. The number of carbonyl (C=O) groups is 2. The maximum absolute atomic E-state index is 14.4. The van der Waals surface area contributed by atoms with Gasteiger partial charge in [0.05, 0.1) is 6.42 Å². The molecule has 0 unspecified atom stereocenters. The van der Waals surface area contributed by atoms with Gasteiger partial charge < -0.3 is 4.90 Å². The van der Waals surface area contributed by atoms with E-state index in [1.165, 1.54) is 38.2 Å². The van der Waals surface area contributed by atoms with E-state index < -0.39 is 32.7 Å². The van der Waals surface area contributed by atoms with Gasteiger partial charge in [-0.05, 0) is 52.4 Å². The number of hydrogen-bond donors (Lipinski definition) is 1. The predicted molar refractivity (Wildman–Crippen MR) is 124 cm³/mol. The monoisotopic (exact) mass is 487 g/mol. The number of aromatic nitrogens is 3. The average molecular weight is 488 g/mol. The molecule has 0 aliphatic carbocycles. The summed E-state index contributed by atoms with van der Waals surface area (Å²) < 4.78 is 43.2. The van der Waals surface area contributed by atoms with Gasteiger partial charge in [-0.1, -0.05) is 13.8 Å². The Balaban J connectivity index is 1.95. The molecule has 2 aromatic heterocycles. The summed E-state index contributed by atoms with van der Waals surface area (Å²) in [7, 11) is 0.148.